The summed E-state index contributed by atoms with van der Waals surface area (Å²) in [5, 5.41) is 0.579. The Morgan fingerprint density at radius 1 is 1.32 bits per heavy atom. The second-order valence-electron chi connectivity index (χ2n) is 9.35. The predicted molar refractivity (Wildman–Crippen MR) is 116 cm³/mol. The van der Waals surface area contributed by atoms with Gasteiger partial charge in [-0.2, -0.15) is 9.97 Å². The van der Waals surface area contributed by atoms with Gasteiger partial charge in [0.2, 0.25) is 0 Å². The highest BCUT2D eigenvalue weighted by Crippen LogP contribution is 2.45. The lowest BCUT2D eigenvalue weighted by molar-refractivity contribution is 0.107. The Hall–Kier alpha value is -1.74. The molecule has 0 N–H and O–H groups in total. The maximum absolute atomic E-state index is 15.1. The predicted octanol–water partition coefficient (Wildman–Crippen LogP) is 4.24. The van der Waals surface area contributed by atoms with Crippen LogP contribution in [0.3, 0.4) is 0 Å². The molecular formula is C22H25BrF2N4O2. The second-order valence-corrected chi connectivity index (χ2v) is 10.2. The van der Waals surface area contributed by atoms with Crippen molar-refractivity contribution >= 4 is 32.7 Å². The fourth-order valence-corrected chi connectivity index (χ4v) is 6.44. The fourth-order valence-electron chi connectivity index (χ4n) is 6.05. The van der Waals surface area contributed by atoms with Crippen LogP contribution in [0.2, 0.25) is 0 Å². The Morgan fingerprint density at radius 2 is 2.19 bits per heavy atom. The lowest BCUT2D eigenvalue weighted by Crippen LogP contribution is -2.43. The molecule has 6 rings (SSSR count). The zero-order chi connectivity index (χ0) is 21.3. The first-order valence-corrected chi connectivity index (χ1v) is 11.9. The van der Waals surface area contributed by atoms with Crippen molar-refractivity contribution in [2.75, 3.05) is 31.6 Å². The summed E-state index contributed by atoms with van der Waals surface area (Å²) >= 11 is 3.31. The van der Waals surface area contributed by atoms with Gasteiger partial charge in [-0.3, -0.25) is 4.90 Å². The van der Waals surface area contributed by atoms with Crippen molar-refractivity contribution in [2.45, 2.75) is 62.4 Å². The average Bonchev–Trinajstić information content (AvgIpc) is 3.41. The van der Waals surface area contributed by atoms with Gasteiger partial charge < -0.3 is 14.4 Å². The van der Waals surface area contributed by atoms with E-state index in [9.17, 15) is 4.39 Å². The topological polar surface area (TPSA) is 50.7 Å². The molecule has 0 amide bonds. The molecule has 1 saturated carbocycles. The molecule has 0 bridgehead atoms. The summed E-state index contributed by atoms with van der Waals surface area (Å²) in [6.07, 6.45) is 4.64. The van der Waals surface area contributed by atoms with Gasteiger partial charge in [-0.25, -0.2) is 8.78 Å². The van der Waals surface area contributed by atoms with Gasteiger partial charge in [-0.15, -0.1) is 0 Å². The number of nitrogens with zero attached hydrogens (tertiary/aromatic N) is 4. The summed E-state index contributed by atoms with van der Waals surface area (Å²) in [6.45, 7) is 1.66. The Bertz CT molecular complexity index is 1060. The number of benzene rings is 1. The van der Waals surface area contributed by atoms with E-state index in [4.69, 9.17) is 14.5 Å². The molecule has 2 saturated heterocycles. The third kappa shape index (κ3) is 3.03. The number of halogens is 3. The molecule has 1 aliphatic carbocycles. The molecule has 1 aromatic heterocycles. The van der Waals surface area contributed by atoms with Crippen molar-refractivity contribution in [2.24, 2.45) is 0 Å². The van der Waals surface area contributed by atoms with Crippen LogP contribution < -0.4 is 14.4 Å². The van der Waals surface area contributed by atoms with Crippen LogP contribution in [0.25, 0.3) is 10.9 Å². The summed E-state index contributed by atoms with van der Waals surface area (Å²) in [7, 11) is 1.98. The first kappa shape index (κ1) is 19.9. The lowest BCUT2D eigenvalue weighted by atomic mass is 9.95. The summed E-state index contributed by atoms with van der Waals surface area (Å²) < 4.78 is 41.9. The third-order valence-electron chi connectivity index (χ3n) is 7.55. The lowest BCUT2D eigenvalue weighted by Gasteiger charge is -2.31. The number of anilines is 1. The van der Waals surface area contributed by atoms with Gasteiger partial charge in [0.15, 0.2) is 5.82 Å². The summed E-state index contributed by atoms with van der Waals surface area (Å²) in [6, 6.07) is 1.98. The number of fused-ring (bicyclic) bond motifs is 2. The number of likely N-dealkylation sites (N-methyl/N-ethyl adjacent to an activating group) is 1. The molecule has 4 aliphatic rings. The average molecular weight is 495 g/mol. The largest absolute Gasteiger partial charge is 0.487 e. The Labute approximate surface area is 188 Å². The first-order chi connectivity index (χ1) is 14.9. The minimum Gasteiger partial charge on any atom is -0.487 e. The van der Waals surface area contributed by atoms with Gasteiger partial charge in [-0.05, 0) is 60.6 Å². The molecule has 1 unspecified atom stereocenters. The van der Waals surface area contributed by atoms with Gasteiger partial charge in [0.1, 0.15) is 36.0 Å². The number of rotatable bonds is 3. The standard InChI is InChI=1S/C22H25BrF2N4O2/c1-28-14-4-2-5-15(14)31-16-8-13(23)18(25)19-17(16)20(28)27-21(26-19)30-11-22-6-3-7-29(22)10-12(24)9-22/h8,12,14-15H,2-7,9-11H2,1H3/t12-,14?,15-,22+/m1/s1. The highest BCUT2D eigenvalue weighted by molar-refractivity contribution is 9.10. The van der Waals surface area contributed by atoms with Crippen LogP contribution >= 0.6 is 15.9 Å². The van der Waals surface area contributed by atoms with Crippen LogP contribution in [0.5, 0.6) is 11.8 Å². The van der Waals surface area contributed by atoms with Crippen LogP contribution in [-0.4, -0.2) is 65.5 Å². The molecule has 3 aliphatic heterocycles. The minimum atomic E-state index is -0.829. The molecule has 0 spiro atoms. The van der Waals surface area contributed by atoms with Gasteiger partial charge in [-0.1, -0.05) is 0 Å². The molecular weight excluding hydrogens is 470 g/mol. The minimum absolute atomic E-state index is 0.0371. The van der Waals surface area contributed by atoms with E-state index in [1.165, 1.54) is 0 Å². The van der Waals surface area contributed by atoms with Crippen LogP contribution in [0.4, 0.5) is 14.6 Å². The van der Waals surface area contributed by atoms with Crippen LogP contribution in [0.15, 0.2) is 10.5 Å². The molecule has 4 heterocycles. The quantitative estimate of drug-likeness (QED) is 0.636. The number of hydrogen-bond donors (Lipinski definition) is 0. The van der Waals surface area contributed by atoms with E-state index in [2.05, 4.69) is 30.7 Å². The molecule has 6 nitrogen and oxygen atoms in total. The van der Waals surface area contributed by atoms with E-state index < -0.39 is 12.0 Å². The molecule has 9 heteroatoms. The maximum Gasteiger partial charge on any atom is 0.319 e. The van der Waals surface area contributed by atoms with E-state index in [1.807, 2.05) is 7.05 Å². The molecule has 1 aromatic carbocycles. The summed E-state index contributed by atoms with van der Waals surface area (Å²) in [4.78, 5) is 13.4. The van der Waals surface area contributed by atoms with Gasteiger partial charge >= 0.3 is 6.01 Å². The van der Waals surface area contributed by atoms with Gasteiger partial charge in [0, 0.05) is 20.0 Å². The van der Waals surface area contributed by atoms with Crippen LogP contribution in [0, 0.1) is 5.82 Å². The number of aromatic nitrogens is 2. The normalized spacial score (nSPS) is 32.1. The first-order valence-electron chi connectivity index (χ1n) is 11.1. The number of ether oxygens (including phenoxy) is 2. The van der Waals surface area contributed by atoms with Crippen molar-refractivity contribution in [1.82, 2.24) is 14.9 Å². The summed E-state index contributed by atoms with van der Waals surface area (Å²) in [5.74, 6) is 0.774. The summed E-state index contributed by atoms with van der Waals surface area (Å²) in [5.41, 5.74) is -0.120. The molecule has 166 valence electrons. The van der Waals surface area contributed by atoms with Crippen molar-refractivity contribution < 1.29 is 18.3 Å². The van der Waals surface area contributed by atoms with Crippen molar-refractivity contribution in [3.8, 4) is 11.8 Å². The van der Waals surface area contributed by atoms with Crippen molar-refractivity contribution in [1.29, 1.82) is 0 Å². The Morgan fingerprint density at radius 3 is 3.06 bits per heavy atom. The zero-order valence-corrected chi connectivity index (χ0v) is 19.0. The van der Waals surface area contributed by atoms with Gasteiger partial charge in [0.05, 0.1) is 21.4 Å². The van der Waals surface area contributed by atoms with Gasteiger partial charge in [0.25, 0.3) is 0 Å². The number of hydrogen-bond acceptors (Lipinski definition) is 6. The van der Waals surface area contributed by atoms with Crippen LogP contribution in [-0.2, 0) is 0 Å². The van der Waals surface area contributed by atoms with Crippen molar-refractivity contribution in [3.63, 3.8) is 0 Å². The maximum atomic E-state index is 15.1. The van der Waals surface area contributed by atoms with E-state index in [1.54, 1.807) is 6.07 Å². The zero-order valence-electron chi connectivity index (χ0n) is 17.4. The Balaban J connectivity index is 1.41. The van der Waals surface area contributed by atoms with Crippen LogP contribution in [0.1, 0.15) is 38.5 Å². The monoisotopic (exact) mass is 494 g/mol. The SMILES string of the molecule is CN1c2nc(OC[C@@]34CCCN3C[C@H](F)C4)nc3c(F)c(Br)cc(c23)O[C@@H]2CCCC21. The highest BCUT2D eigenvalue weighted by atomic mass is 79.9. The Kier molecular flexibility index (Phi) is 4.58. The molecule has 0 radical (unpaired) electrons. The van der Waals surface area contributed by atoms with E-state index >= 15 is 4.39 Å². The van der Waals surface area contributed by atoms with E-state index in [-0.39, 0.29) is 29.2 Å². The molecule has 2 aromatic rings. The molecule has 3 fully saturated rings. The third-order valence-corrected chi connectivity index (χ3v) is 8.13. The van der Waals surface area contributed by atoms with E-state index in [0.717, 1.165) is 38.6 Å². The van der Waals surface area contributed by atoms with E-state index in [0.29, 0.717) is 41.0 Å². The highest BCUT2D eigenvalue weighted by Gasteiger charge is 2.49. The molecule has 4 atom stereocenters. The number of alkyl halides is 1. The fraction of sp³-hybridized carbons (Fsp3) is 0.636. The smallest absolute Gasteiger partial charge is 0.319 e. The van der Waals surface area contributed by atoms with Crippen molar-refractivity contribution in [3.05, 3.63) is 16.4 Å². The second kappa shape index (κ2) is 7.13. The molecule has 31 heavy (non-hydrogen) atoms.